The maximum Gasteiger partial charge on any atom is 0.165 e. The van der Waals surface area contributed by atoms with E-state index in [0.717, 1.165) is 42.0 Å². The quantitative estimate of drug-likeness (QED) is 0.898. The van der Waals surface area contributed by atoms with Crippen molar-refractivity contribution in [1.82, 2.24) is 4.90 Å². The van der Waals surface area contributed by atoms with Crippen molar-refractivity contribution in [1.29, 1.82) is 0 Å². The fraction of sp³-hybridized carbons (Fsp3) is 0.300. The topological polar surface area (TPSA) is 50.5 Å². The molecule has 2 aliphatic rings. The molecule has 130 valence electrons. The van der Waals surface area contributed by atoms with Gasteiger partial charge in [-0.05, 0) is 35.4 Å². The summed E-state index contributed by atoms with van der Waals surface area (Å²) in [6, 6.07) is 10.9. The number of halogens is 1. The molecule has 4 rings (SSSR count). The van der Waals surface area contributed by atoms with Crippen LogP contribution in [-0.2, 0) is 0 Å². The Hall–Kier alpha value is -2.37. The van der Waals surface area contributed by atoms with Gasteiger partial charge in [-0.3, -0.25) is 4.90 Å². The first-order chi connectivity index (χ1) is 12.1. The number of hydrogen-bond acceptors (Lipinski definition) is 4. The van der Waals surface area contributed by atoms with Gasteiger partial charge in [0, 0.05) is 24.4 Å². The van der Waals surface area contributed by atoms with Gasteiger partial charge in [-0.15, -0.1) is 0 Å². The monoisotopic (exact) mass is 339 g/mol. The molecule has 2 aromatic rings. The molecule has 5 heteroatoms. The third-order valence-electron chi connectivity index (χ3n) is 5.16. The Balaban J connectivity index is 1.78. The number of hydrogen-bond donors (Lipinski definition) is 2. The lowest BCUT2D eigenvalue weighted by atomic mass is 9.89. The van der Waals surface area contributed by atoms with Crippen LogP contribution in [0.25, 0.3) is 11.1 Å². The highest BCUT2D eigenvalue weighted by molar-refractivity contribution is 5.84. The predicted molar refractivity (Wildman–Crippen MR) is 98.1 cm³/mol. The van der Waals surface area contributed by atoms with E-state index in [0.29, 0.717) is 0 Å². The predicted octanol–water partition coefficient (Wildman–Crippen LogP) is 3.52. The fourth-order valence-electron chi connectivity index (χ4n) is 3.72. The third kappa shape index (κ3) is 2.60. The number of nitrogens with zero attached hydrogens (tertiary/aromatic N) is 1. The zero-order valence-corrected chi connectivity index (χ0v) is 14.5. The summed E-state index contributed by atoms with van der Waals surface area (Å²) in [7, 11) is 1.48. The second-order valence-corrected chi connectivity index (χ2v) is 6.53. The number of methoxy groups -OCH3 is 1. The number of nitrogens with one attached hydrogen (secondary N) is 1. The summed E-state index contributed by atoms with van der Waals surface area (Å²) in [6.45, 7) is 4.96. The molecule has 0 bridgehead atoms. The molecule has 0 radical (unpaired) electrons. The summed E-state index contributed by atoms with van der Waals surface area (Å²) < 4.78 is 18.9. The van der Waals surface area contributed by atoms with Crippen LogP contribution in [0.15, 0.2) is 47.7 Å². The van der Waals surface area contributed by atoms with E-state index < -0.39 is 0 Å². The minimum atomic E-state index is -0.361. The number of rotatable bonds is 3. The number of fused-ring (bicyclic) bond motifs is 1. The normalized spacial score (nSPS) is 19.4. The number of nitrogens with two attached hydrogens (primary N) is 1. The summed E-state index contributed by atoms with van der Waals surface area (Å²) in [5, 5.41) is 3.60. The van der Waals surface area contributed by atoms with Gasteiger partial charge in [-0.1, -0.05) is 31.2 Å². The van der Waals surface area contributed by atoms with E-state index in [1.807, 2.05) is 12.1 Å². The van der Waals surface area contributed by atoms with Crippen molar-refractivity contribution in [3.05, 3.63) is 59.0 Å². The van der Waals surface area contributed by atoms with Crippen molar-refractivity contribution in [3.63, 3.8) is 0 Å². The number of anilines is 1. The Morgan fingerprint density at radius 2 is 2.12 bits per heavy atom. The van der Waals surface area contributed by atoms with Crippen molar-refractivity contribution in [3.8, 4) is 16.9 Å². The molecule has 0 aliphatic carbocycles. The molecule has 0 saturated heterocycles. The van der Waals surface area contributed by atoms with Crippen molar-refractivity contribution < 1.29 is 9.13 Å². The van der Waals surface area contributed by atoms with Crippen LogP contribution in [-0.4, -0.2) is 31.6 Å². The first-order valence-corrected chi connectivity index (χ1v) is 8.56. The standard InChI is InChI=1S/C20H22FN3O/c1-3-24-10-15-17(11-24)23-20-13(5-4-6-14(20)19(15)22)12-7-8-16(21)18(9-12)25-2/h4-9,19,23H,3,10-11,22H2,1-2H3. The third-order valence-corrected chi connectivity index (χ3v) is 5.16. The molecule has 0 amide bonds. The summed E-state index contributed by atoms with van der Waals surface area (Å²) in [6.07, 6.45) is 0. The molecule has 0 saturated carbocycles. The van der Waals surface area contributed by atoms with Gasteiger partial charge in [-0.25, -0.2) is 4.39 Å². The molecule has 0 fully saturated rings. The lowest BCUT2D eigenvalue weighted by Crippen LogP contribution is -2.24. The molecule has 3 N–H and O–H groups in total. The van der Waals surface area contributed by atoms with Crippen LogP contribution in [0.5, 0.6) is 5.75 Å². The van der Waals surface area contributed by atoms with E-state index in [4.69, 9.17) is 10.5 Å². The van der Waals surface area contributed by atoms with Gasteiger partial charge < -0.3 is 15.8 Å². The van der Waals surface area contributed by atoms with Gasteiger partial charge in [0.2, 0.25) is 0 Å². The molecular formula is C20H22FN3O. The molecule has 1 unspecified atom stereocenters. The number of ether oxygens (including phenoxy) is 1. The smallest absolute Gasteiger partial charge is 0.165 e. The summed E-state index contributed by atoms with van der Waals surface area (Å²) in [4.78, 5) is 2.37. The van der Waals surface area contributed by atoms with Crippen LogP contribution in [0.1, 0.15) is 18.5 Å². The van der Waals surface area contributed by atoms with E-state index in [-0.39, 0.29) is 17.6 Å². The van der Waals surface area contributed by atoms with Gasteiger partial charge in [0.05, 0.1) is 18.8 Å². The van der Waals surface area contributed by atoms with E-state index in [1.165, 1.54) is 24.4 Å². The minimum Gasteiger partial charge on any atom is -0.494 e. The van der Waals surface area contributed by atoms with E-state index in [2.05, 4.69) is 23.2 Å². The SMILES string of the molecule is CCN1CC2=C(C1)C(N)c1cccc(-c3ccc(F)c(OC)c3)c1N2. The highest BCUT2D eigenvalue weighted by Gasteiger charge is 2.32. The molecule has 0 spiro atoms. The van der Waals surface area contributed by atoms with Crippen molar-refractivity contribution >= 4 is 5.69 Å². The highest BCUT2D eigenvalue weighted by Crippen LogP contribution is 2.43. The lowest BCUT2D eigenvalue weighted by molar-refractivity contribution is 0.362. The molecule has 25 heavy (non-hydrogen) atoms. The number of likely N-dealkylation sites (N-methyl/N-ethyl adjacent to an activating group) is 1. The van der Waals surface area contributed by atoms with E-state index in [9.17, 15) is 4.39 Å². The molecule has 2 heterocycles. The number of benzene rings is 2. The van der Waals surface area contributed by atoms with Crippen molar-refractivity contribution in [2.45, 2.75) is 13.0 Å². The molecular weight excluding hydrogens is 317 g/mol. The van der Waals surface area contributed by atoms with Crippen LogP contribution in [0.4, 0.5) is 10.1 Å². The Bertz CT molecular complexity index is 862. The Kier molecular flexibility index (Phi) is 3.98. The fourth-order valence-corrected chi connectivity index (χ4v) is 3.72. The van der Waals surface area contributed by atoms with Crippen LogP contribution in [0.3, 0.4) is 0 Å². The summed E-state index contributed by atoms with van der Waals surface area (Å²) >= 11 is 0. The Morgan fingerprint density at radius 1 is 1.28 bits per heavy atom. The van der Waals surface area contributed by atoms with Crippen LogP contribution >= 0.6 is 0 Å². The van der Waals surface area contributed by atoms with Crippen LogP contribution in [0.2, 0.25) is 0 Å². The highest BCUT2D eigenvalue weighted by atomic mass is 19.1. The van der Waals surface area contributed by atoms with Gasteiger partial charge >= 0.3 is 0 Å². The molecule has 4 nitrogen and oxygen atoms in total. The Morgan fingerprint density at radius 3 is 2.88 bits per heavy atom. The molecule has 2 aromatic carbocycles. The number of para-hydroxylation sites is 1. The average molecular weight is 339 g/mol. The molecule has 1 atom stereocenters. The maximum absolute atomic E-state index is 13.8. The van der Waals surface area contributed by atoms with Gasteiger partial charge in [0.25, 0.3) is 0 Å². The maximum atomic E-state index is 13.8. The summed E-state index contributed by atoms with van der Waals surface area (Å²) in [5.41, 5.74) is 13.0. The summed E-state index contributed by atoms with van der Waals surface area (Å²) in [5.74, 6) is -0.117. The van der Waals surface area contributed by atoms with Gasteiger partial charge in [0.1, 0.15) is 0 Å². The van der Waals surface area contributed by atoms with Gasteiger partial charge in [0.15, 0.2) is 11.6 Å². The van der Waals surface area contributed by atoms with Gasteiger partial charge in [-0.2, -0.15) is 0 Å². The zero-order chi connectivity index (χ0) is 17.6. The molecule has 0 aromatic heterocycles. The first kappa shape index (κ1) is 16.1. The second-order valence-electron chi connectivity index (χ2n) is 6.53. The Labute approximate surface area is 147 Å². The van der Waals surface area contributed by atoms with Crippen molar-refractivity contribution in [2.24, 2.45) is 5.73 Å². The van der Waals surface area contributed by atoms with E-state index >= 15 is 0 Å². The van der Waals surface area contributed by atoms with E-state index in [1.54, 1.807) is 12.1 Å². The molecule has 2 aliphatic heterocycles. The zero-order valence-electron chi connectivity index (χ0n) is 14.5. The van der Waals surface area contributed by atoms with Crippen molar-refractivity contribution in [2.75, 3.05) is 32.1 Å². The van der Waals surface area contributed by atoms with Crippen LogP contribution in [0, 0.1) is 5.82 Å². The first-order valence-electron chi connectivity index (χ1n) is 8.56. The second kappa shape index (κ2) is 6.17. The largest absolute Gasteiger partial charge is 0.494 e. The van der Waals surface area contributed by atoms with Crippen LogP contribution < -0.4 is 15.8 Å². The minimum absolute atomic E-state index is 0.106. The lowest BCUT2D eigenvalue weighted by Gasteiger charge is -2.28. The average Bonchev–Trinajstić information content (AvgIpc) is 3.06.